The van der Waals surface area contributed by atoms with Crippen molar-refractivity contribution in [2.45, 2.75) is 6.92 Å². The number of thiazole rings is 1. The van der Waals surface area contributed by atoms with E-state index in [9.17, 15) is 4.39 Å². The minimum Gasteiger partial charge on any atom is -0.497 e. The fourth-order valence-corrected chi connectivity index (χ4v) is 2.96. The lowest BCUT2D eigenvalue weighted by Crippen LogP contribution is -1.90. The monoisotopic (exact) mass is 341 g/mol. The molecule has 0 spiro atoms. The van der Waals surface area contributed by atoms with Crippen LogP contribution in [0.3, 0.4) is 0 Å². The van der Waals surface area contributed by atoms with Gasteiger partial charge in [-0.1, -0.05) is 12.1 Å². The Kier molecular flexibility index (Phi) is 4.86. The van der Waals surface area contributed by atoms with Gasteiger partial charge in [0.1, 0.15) is 11.6 Å². The third kappa shape index (κ3) is 3.78. The number of anilines is 1. The van der Waals surface area contributed by atoms with E-state index in [0.29, 0.717) is 5.13 Å². The van der Waals surface area contributed by atoms with Crippen molar-refractivity contribution in [3.05, 3.63) is 64.8 Å². The van der Waals surface area contributed by atoms with Crippen LogP contribution in [0.2, 0.25) is 0 Å². The zero-order valence-electron chi connectivity index (χ0n) is 13.3. The van der Waals surface area contributed by atoms with Crippen molar-refractivity contribution in [3.8, 4) is 17.0 Å². The second-order valence-electron chi connectivity index (χ2n) is 5.07. The maximum Gasteiger partial charge on any atom is 0.204 e. The number of aromatic nitrogens is 1. The molecule has 0 saturated heterocycles. The number of methoxy groups -OCH3 is 1. The first-order valence-electron chi connectivity index (χ1n) is 7.32. The van der Waals surface area contributed by atoms with Crippen molar-refractivity contribution in [2.24, 2.45) is 5.10 Å². The van der Waals surface area contributed by atoms with Gasteiger partial charge in [0.2, 0.25) is 5.13 Å². The number of halogens is 1. The van der Waals surface area contributed by atoms with Crippen LogP contribution < -0.4 is 10.2 Å². The molecule has 0 amide bonds. The minimum absolute atomic E-state index is 0.264. The van der Waals surface area contributed by atoms with Crippen LogP contribution in [0, 0.1) is 12.7 Å². The molecule has 24 heavy (non-hydrogen) atoms. The van der Waals surface area contributed by atoms with Crippen LogP contribution in [0.15, 0.2) is 53.6 Å². The molecule has 1 aromatic heterocycles. The van der Waals surface area contributed by atoms with Crippen LogP contribution in [0.4, 0.5) is 9.52 Å². The van der Waals surface area contributed by atoms with Crippen LogP contribution in [0.1, 0.15) is 10.4 Å². The second-order valence-corrected chi connectivity index (χ2v) is 6.28. The zero-order chi connectivity index (χ0) is 16.9. The Morgan fingerprint density at radius 3 is 2.50 bits per heavy atom. The van der Waals surface area contributed by atoms with Crippen LogP contribution in [0.5, 0.6) is 5.75 Å². The first-order chi connectivity index (χ1) is 11.7. The third-order valence-corrected chi connectivity index (χ3v) is 4.28. The second kappa shape index (κ2) is 7.23. The number of aryl methyl sites for hydroxylation is 1. The molecule has 3 aromatic rings. The molecule has 3 rings (SSSR count). The Morgan fingerprint density at radius 1 is 1.12 bits per heavy atom. The van der Waals surface area contributed by atoms with E-state index in [1.165, 1.54) is 23.5 Å². The number of hydrogen-bond donors (Lipinski definition) is 1. The molecular weight excluding hydrogens is 325 g/mol. The summed E-state index contributed by atoms with van der Waals surface area (Å²) in [6, 6.07) is 13.9. The number of ether oxygens (including phenoxy) is 1. The average molecular weight is 341 g/mol. The molecule has 0 saturated carbocycles. The van der Waals surface area contributed by atoms with Crippen molar-refractivity contribution in [2.75, 3.05) is 12.5 Å². The van der Waals surface area contributed by atoms with Gasteiger partial charge in [0.15, 0.2) is 0 Å². The summed E-state index contributed by atoms with van der Waals surface area (Å²) in [5.41, 5.74) is 5.68. The molecule has 0 aliphatic heterocycles. The molecule has 1 heterocycles. The molecular formula is C18H16FN3OS. The molecule has 4 nitrogen and oxygen atoms in total. The van der Waals surface area contributed by atoms with Gasteiger partial charge in [-0.3, -0.25) is 5.43 Å². The Morgan fingerprint density at radius 2 is 1.83 bits per heavy atom. The van der Waals surface area contributed by atoms with Crippen LogP contribution in [0.25, 0.3) is 11.3 Å². The topological polar surface area (TPSA) is 46.5 Å². The molecule has 0 aliphatic rings. The first kappa shape index (κ1) is 16.1. The van der Waals surface area contributed by atoms with Crippen molar-refractivity contribution < 1.29 is 9.13 Å². The molecule has 6 heteroatoms. The smallest absolute Gasteiger partial charge is 0.204 e. The van der Waals surface area contributed by atoms with Gasteiger partial charge in [0.05, 0.1) is 19.0 Å². The van der Waals surface area contributed by atoms with E-state index in [2.05, 4.69) is 15.5 Å². The Labute approximate surface area is 143 Å². The lowest BCUT2D eigenvalue weighted by molar-refractivity contribution is 0.415. The largest absolute Gasteiger partial charge is 0.497 e. The molecule has 0 unspecified atom stereocenters. The highest BCUT2D eigenvalue weighted by Crippen LogP contribution is 2.31. The van der Waals surface area contributed by atoms with Crippen LogP contribution in [-0.2, 0) is 0 Å². The summed E-state index contributed by atoms with van der Waals surface area (Å²) in [6.07, 6.45) is 1.63. The molecule has 0 bridgehead atoms. The summed E-state index contributed by atoms with van der Waals surface area (Å²) in [5.74, 6) is 0.550. The standard InChI is InChI=1S/C18H16FN3OS/c1-12-17(14-5-9-16(23-2)10-6-14)21-18(24-12)22-20-11-13-3-7-15(19)8-4-13/h3-11H,1-2H3,(H,21,22). The predicted octanol–water partition coefficient (Wildman–Crippen LogP) is 4.71. The summed E-state index contributed by atoms with van der Waals surface area (Å²) < 4.78 is 18.0. The zero-order valence-corrected chi connectivity index (χ0v) is 14.1. The van der Waals surface area contributed by atoms with Crippen LogP contribution in [-0.4, -0.2) is 18.3 Å². The highest BCUT2D eigenvalue weighted by atomic mass is 32.1. The predicted molar refractivity (Wildman–Crippen MR) is 96.5 cm³/mol. The van der Waals surface area contributed by atoms with E-state index in [-0.39, 0.29) is 5.82 Å². The Balaban J connectivity index is 1.72. The Hall–Kier alpha value is -2.73. The highest BCUT2D eigenvalue weighted by Gasteiger charge is 2.09. The van der Waals surface area contributed by atoms with Crippen molar-refractivity contribution in [1.82, 2.24) is 4.98 Å². The summed E-state index contributed by atoms with van der Waals surface area (Å²) in [5, 5.41) is 4.85. The van der Waals surface area contributed by atoms with E-state index in [0.717, 1.165) is 27.4 Å². The lowest BCUT2D eigenvalue weighted by Gasteiger charge is -2.01. The maximum absolute atomic E-state index is 12.9. The van der Waals surface area contributed by atoms with E-state index in [1.807, 2.05) is 31.2 Å². The van der Waals surface area contributed by atoms with Crippen molar-refractivity contribution in [1.29, 1.82) is 0 Å². The normalized spacial score (nSPS) is 11.0. The van der Waals surface area contributed by atoms with Gasteiger partial charge in [-0.2, -0.15) is 5.10 Å². The van der Waals surface area contributed by atoms with Crippen molar-refractivity contribution in [3.63, 3.8) is 0 Å². The van der Waals surface area contributed by atoms with Crippen LogP contribution >= 0.6 is 11.3 Å². The molecule has 0 aliphatic carbocycles. The molecule has 122 valence electrons. The van der Waals surface area contributed by atoms with Gasteiger partial charge in [-0.25, -0.2) is 9.37 Å². The summed E-state index contributed by atoms with van der Waals surface area (Å²) in [4.78, 5) is 5.67. The quantitative estimate of drug-likeness (QED) is 0.540. The molecule has 1 N–H and O–H groups in total. The maximum atomic E-state index is 12.9. The minimum atomic E-state index is -0.264. The van der Waals surface area contributed by atoms with Gasteiger partial charge in [-0.05, 0) is 48.9 Å². The van der Waals surface area contributed by atoms with Gasteiger partial charge in [0.25, 0.3) is 0 Å². The molecule has 0 fully saturated rings. The highest BCUT2D eigenvalue weighted by molar-refractivity contribution is 7.15. The van der Waals surface area contributed by atoms with E-state index in [1.54, 1.807) is 25.5 Å². The van der Waals surface area contributed by atoms with Crippen molar-refractivity contribution >= 4 is 22.7 Å². The SMILES string of the molecule is COc1ccc(-c2nc(NN=Cc3ccc(F)cc3)sc2C)cc1. The number of benzene rings is 2. The summed E-state index contributed by atoms with van der Waals surface area (Å²) in [6.45, 7) is 2.02. The van der Waals surface area contributed by atoms with E-state index in [4.69, 9.17) is 4.74 Å². The number of nitrogens with zero attached hydrogens (tertiary/aromatic N) is 2. The van der Waals surface area contributed by atoms with E-state index >= 15 is 0 Å². The molecule has 0 radical (unpaired) electrons. The van der Waals surface area contributed by atoms with E-state index < -0.39 is 0 Å². The third-order valence-electron chi connectivity index (χ3n) is 3.40. The Bertz CT molecular complexity index is 842. The van der Waals surface area contributed by atoms with Gasteiger partial charge >= 0.3 is 0 Å². The number of hydrogen-bond acceptors (Lipinski definition) is 5. The molecule has 0 atom stereocenters. The molecule has 2 aromatic carbocycles. The first-order valence-corrected chi connectivity index (χ1v) is 8.14. The fourth-order valence-electron chi connectivity index (χ4n) is 2.17. The summed E-state index contributed by atoms with van der Waals surface area (Å²) >= 11 is 1.53. The average Bonchev–Trinajstić information content (AvgIpc) is 2.97. The van der Waals surface area contributed by atoms with Gasteiger partial charge < -0.3 is 4.74 Å². The summed E-state index contributed by atoms with van der Waals surface area (Å²) in [7, 11) is 1.64. The van der Waals surface area contributed by atoms with Gasteiger partial charge in [-0.15, -0.1) is 11.3 Å². The van der Waals surface area contributed by atoms with Gasteiger partial charge in [0, 0.05) is 10.4 Å². The fraction of sp³-hybridized carbons (Fsp3) is 0.111. The lowest BCUT2D eigenvalue weighted by atomic mass is 10.1. The number of rotatable bonds is 5. The number of nitrogens with one attached hydrogen (secondary N) is 1. The number of hydrazone groups is 1.